The van der Waals surface area contributed by atoms with Crippen molar-refractivity contribution in [1.29, 1.82) is 0 Å². The fraction of sp³-hybridized carbons (Fsp3) is 0.214. The van der Waals surface area contributed by atoms with Crippen molar-refractivity contribution in [2.24, 2.45) is 7.05 Å². The molecule has 1 N–H and O–H groups in total. The summed E-state index contributed by atoms with van der Waals surface area (Å²) < 4.78 is 3.91. The Balaban J connectivity index is 2.13. The highest BCUT2D eigenvalue weighted by atomic mass is 16.4. The van der Waals surface area contributed by atoms with Gasteiger partial charge >= 0.3 is 5.97 Å². The fourth-order valence-corrected chi connectivity index (χ4v) is 2.27. The second kappa shape index (κ2) is 4.48. The molecule has 1 aromatic carbocycles. The van der Waals surface area contributed by atoms with Gasteiger partial charge in [0.25, 0.3) is 0 Å². The number of aromatic nitrogens is 4. The highest BCUT2D eigenvalue weighted by molar-refractivity contribution is 5.92. The van der Waals surface area contributed by atoms with Gasteiger partial charge in [0, 0.05) is 19.4 Å². The summed E-state index contributed by atoms with van der Waals surface area (Å²) in [6.45, 7) is 2.47. The number of fused-ring (bicyclic) bond motifs is 1. The van der Waals surface area contributed by atoms with Crippen LogP contribution in [-0.2, 0) is 13.6 Å². The van der Waals surface area contributed by atoms with Crippen molar-refractivity contribution in [2.45, 2.75) is 13.5 Å². The number of aromatic carboxylic acids is 1. The zero-order chi connectivity index (χ0) is 14.3. The molecular formula is C14H14N4O2. The lowest BCUT2D eigenvalue weighted by molar-refractivity contribution is 0.0697. The first-order valence-electron chi connectivity index (χ1n) is 6.22. The van der Waals surface area contributed by atoms with Crippen LogP contribution in [0.1, 0.15) is 22.0 Å². The summed E-state index contributed by atoms with van der Waals surface area (Å²) in [5.41, 5.74) is 1.87. The van der Waals surface area contributed by atoms with E-state index in [9.17, 15) is 4.79 Å². The maximum absolute atomic E-state index is 11.1. The van der Waals surface area contributed by atoms with E-state index in [0.29, 0.717) is 6.54 Å². The van der Waals surface area contributed by atoms with E-state index < -0.39 is 5.97 Å². The van der Waals surface area contributed by atoms with Crippen molar-refractivity contribution in [1.82, 2.24) is 19.1 Å². The average Bonchev–Trinajstić information content (AvgIpc) is 2.94. The highest BCUT2D eigenvalue weighted by Gasteiger charge is 2.12. The topological polar surface area (TPSA) is 72.9 Å². The van der Waals surface area contributed by atoms with Crippen molar-refractivity contribution in [3.63, 3.8) is 0 Å². The highest BCUT2D eigenvalue weighted by Crippen LogP contribution is 2.19. The lowest BCUT2D eigenvalue weighted by Gasteiger charge is -2.07. The number of benzene rings is 1. The molecule has 0 aliphatic heterocycles. The van der Waals surface area contributed by atoms with E-state index in [4.69, 9.17) is 5.11 Å². The van der Waals surface area contributed by atoms with Crippen LogP contribution in [-0.4, -0.2) is 30.2 Å². The lowest BCUT2D eigenvalue weighted by atomic mass is 10.2. The zero-order valence-corrected chi connectivity index (χ0v) is 11.2. The van der Waals surface area contributed by atoms with Gasteiger partial charge in [-0.05, 0) is 25.1 Å². The van der Waals surface area contributed by atoms with Gasteiger partial charge in [-0.1, -0.05) is 0 Å². The molecule has 0 aliphatic rings. The summed E-state index contributed by atoms with van der Waals surface area (Å²) in [4.78, 5) is 19.8. The molecule has 102 valence electrons. The van der Waals surface area contributed by atoms with Crippen molar-refractivity contribution in [3.05, 3.63) is 47.8 Å². The normalized spacial score (nSPS) is 11.1. The average molecular weight is 270 g/mol. The molecule has 6 nitrogen and oxygen atoms in total. The van der Waals surface area contributed by atoms with Gasteiger partial charge in [-0.3, -0.25) is 0 Å². The fourth-order valence-electron chi connectivity index (χ4n) is 2.27. The molecule has 0 fully saturated rings. The summed E-state index contributed by atoms with van der Waals surface area (Å²) in [6.07, 6.45) is 3.62. The van der Waals surface area contributed by atoms with Crippen LogP contribution in [0.5, 0.6) is 0 Å². The monoisotopic (exact) mass is 270 g/mol. The number of hydrogen-bond donors (Lipinski definition) is 1. The van der Waals surface area contributed by atoms with Crippen LogP contribution in [0.3, 0.4) is 0 Å². The zero-order valence-electron chi connectivity index (χ0n) is 11.2. The molecule has 20 heavy (non-hydrogen) atoms. The Labute approximate surface area is 115 Å². The maximum Gasteiger partial charge on any atom is 0.335 e. The molecule has 0 atom stereocenters. The molecule has 0 amide bonds. The molecular weight excluding hydrogens is 256 g/mol. The third kappa shape index (κ3) is 1.95. The molecule has 0 unspecified atom stereocenters. The Morgan fingerprint density at radius 1 is 1.40 bits per heavy atom. The molecule has 2 heterocycles. The number of carboxylic acid groups (broad SMARTS) is 1. The Kier molecular flexibility index (Phi) is 2.78. The van der Waals surface area contributed by atoms with Crippen LogP contribution in [0.25, 0.3) is 11.0 Å². The first-order chi connectivity index (χ1) is 9.56. The van der Waals surface area contributed by atoms with E-state index in [1.165, 1.54) is 0 Å². The molecule has 0 aliphatic carbocycles. The Hall–Kier alpha value is -2.63. The third-order valence-electron chi connectivity index (χ3n) is 3.41. The van der Waals surface area contributed by atoms with Crippen LogP contribution < -0.4 is 0 Å². The van der Waals surface area contributed by atoms with E-state index in [1.54, 1.807) is 24.4 Å². The van der Waals surface area contributed by atoms with Gasteiger partial charge in [-0.2, -0.15) is 0 Å². The van der Waals surface area contributed by atoms with Gasteiger partial charge in [0.2, 0.25) is 0 Å². The largest absolute Gasteiger partial charge is 0.478 e. The minimum Gasteiger partial charge on any atom is -0.478 e. The summed E-state index contributed by atoms with van der Waals surface area (Å²) >= 11 is 0. The Morgan fingerprint density at radius 2 is 2.20 bits per heavy atom. The predicted octanol–water partition coefficient (Wildman–Crippen LogP) is 1.82. The summed E-state index contributed by atoms with van der Waals surface area (Å²) in [5.74, 6) is 0.799. The number of hydrogen-bond acceptors (Lipinski definition) is 3. The predicted molar refractivity (Wildman–Crippen MR) is 73.7 cm³/mol. The van der Waals surface area contributed by atoms with Crippen LogP contribution in [0.2, 0.25) is 0 Å². The van der Waals surface area contributed by atoms with Gasteiger partial charge < -0.3 is 14.2 Å². The van der Waals surface area contributed by atoms with Crippen molar-refractivity contribution in [3.8, 4) is 0 Å². The SMILES string of the molecule is Cc1nc2ccc(C(=O)O)cc2n1Cc1nccn1C. The Morgan fingerprint density at radius 3 is 2.85 bits per heavy atom. The van der Waals surface area contributed by atoms with Crippen molar-refractivity contribution >= 4 is 17.0 Å². The molecule has 0 radical (unpaired) electrons. The second-order valence-corrected chi connectivity index (χ2v) is 4.71. The van der Waals surface area contributed by atoms with E-state index in [0.717, 1.165) is 22.7 Å². The number of carbonyl (C=O) groups is 1. The number of carboxylic acids is 1. The molecule has 0 saturated heterocycles. The molecule has 2 aromatic heterocycles. The minimum atomic E-state index is -0.936. The smallest absolute Gasteiger partial charge is 0.335 e. The molecule has 3 aromatic rings. The maximum atomic E-state index is 11.1. The molecule has 3 rings (SSSR count). The minimum absolute atomic E-state index is 0.262. The first-order valence-corrected chi connectivity index (χ1v) is 6.22. The van der Waals surface area contributed by atoms with Crippen molar-refractivity contribution < 1.29 is 9.90 Å². The number of rotatable bonds is 3. The Bertz CT molecular complexity index is 801. The number of aryl methyl sites for hydroxylation is 2. The lowest BCUT2D eigenvalue weighted by Crippen LogP contribution is -2.07. The van der Waals surface area contributed by atoms with Gasteiger partial charge in [0.1, 0.15) is 11.6 Å². The van der Waals surface area contributed by atoms with Crippen LogP contribution in [0.4, 0.5) is 0 Å². The first kappa shape index (κ1) is 12.4. The molecule has 0 saturated carbocycles. The van der Waals surface area contributed by atoms with Gasteiger partial charge in [-0.25, -0.2) is 14.8 Å². The third-order valence-corrected chi connectivity index (χ3v) is 3.41. The van der Waals surface area contributed by atoms with E-state index >= 15 is 0 Å². The standard InChI is InChI=1S/C14H14N4O2/c1-9-16-11-4-3-10(14(19)20)7-12(11)18(9)8-13-15-5-6-17(13)2/h3-7H,8H2,1-2H3,(H,19,20). The number of nitrogens with zero attached hydrogens (tertiary/aromatic N) is 4. The van der Waals surface area contributed by atoms with Crippen molar-refractivity contribution in [2.75, 3.05) is 0 Å². The second-order valence-electron chi connectivity index (χ2n) is 4.71. The van der Waals surface area contributed by atoms with E-state index in [2.05, 4.69) is 9.97 Å². The quantitative estimate of drug-likeness (QED) is 0.788. The summed E-state index contributed by atoms with van der Waals surface area (Å²) in [6, 6.07) is 4.96. The van der Waals surface area contributed by atoms with Crippen LogP contribution in [0, 0.1) is 6.92 Å². The summed E-state index contributed by atoms with van der Waals surface area (Å²) in [5, 5.41) is 9.10. The molecule has 0 bridgehead atoms. The van der Waals surface area contributed by atoms with Gasteiger partial charge in [-0.15, -0.1) is 0 Å². The molecule has 6 heteroatoms. The number of imidazole rings is 2. The molecule has 0 spiro atoms. The van der Waals surface area contributed by atoms with E-state index in [-0.39, 0.29) is 5.56 Å². The van der Waals surface area contributed by atoms with E-state index in [1.807, 2.05) is 29.3 Å². The van der Waals surface area contributed by atoms with Crippen LogP contribution >= 0.6 is 0 Å². The van der Waals surface area contributed by atoms with Gasteiger partial charge in [0.15, 0.2) is 0 Å². The van der Waals surface area contributed by atoms with Gasteiger partial charge in [0.05, 0.1) is 23.1 Å². The summed E-state index contributed by atoms with van der Waals surface area (Å²) in [7, 11) is 1.93. The van der Waals surface area contributed by atoms with Crippen LogP contribution in [0.15, 0.2) is 30.6 Å².